The molecule has 2 aromatic rings. The molecule has 1 saturated heterocycles. The van der Waals surface area contributed by atoms with Crippen LogP contribution in [-0.4, -0.2) is 41.7 Å². The van der Waals surface area contributed by atoms with Crippen molar-refractivity contribution in [2.45, 2.75) is 6.61 Å². The van der Waals surface area contributed by atoms with Crippen LogP contribution in [0.15, 0.2) is 54.1 Å². The van der Waals surface area contributed by atoms with E-state index in [4.69, 9.17) is 16.3 Å². The van der Waals surface area contributed by atoms with Gasteiger partial charge in [-0.1, -0.05) is 35.9 Å². The molecule has 27 heavy (non-hydrogen) atoms. The van der Waals surface area contributed by atoms with Gasteiger partial charge >= 0.3 is 6.03 Å². The van der Waals surface area contributed by atoms with Crippen LogP contribution in [0.2, 0.25) is 5.02 Å². The Morgan fingerprint density at radius 2 is 1.44 bits per heavy atom. The molecule has 138 valence electrons. The van der Waals surface area contributed by atoms with E-state index >= 15 is 0 Å². The number of hydrogen-bond acceptors (Lipinski definition) is 4. The van der Waals surface area contributed by atoms with Gasteiger partial charge in [-0.2, -0.15) is 0 Å². The topological polar surface area (TPSA) is 66.9 Å². The monoisotopic (exact) mass is 384 g/mol. The highest BCUT2D eigenvalue weighted by atomic mass is 35.5. The molecule has 0 saturated carbocycles. The first-order valence-corrected chi connectivity index (χ1v) is 8.53. The molecule has 0 spiro atoms. The van der Waals surface area contributed by atoms with Crippen LogP contribution in [0.3, 0.4) is 0 Å². The predicted octanol–water partition coefficient (Wildman–Crippen LogP) is 3.35. The lowest BCUT2D eigenvalue weighted by Gasteiger charge is -2.28. The highest BCUT2D eigenvalue weighted by Gasteiger charge is 2.37. The summed E-state index contributed by atoms with van der Waals surface area (Å²) >= 11 is 5.85. The summed E-state index contributed by atoms with van der Waals surface area (Å²) in [5.74, 6) is -0.588. The fraction of sp³-hybridized carbons (Fsp3) is 0.150. The van der Waals surface area contributed by atoms with E-state index in [0.29, 0.717) is 22.9 Å². The molecule has 3 rings (SSSR count). The Morgan fingerprint density at radius 3 is 2.00 bits per heavy atom. The van der Waals surface area contributed by atoms with Gasteiger partial charge in [0, 0.05) is 19.1 Å². The number of urea groups is 1. The third kappa shape index (κ3) is 4.01. The van der Waals surface area contributed by atoms with E-state index in [1.807, 2.05) is 12.1 Å². The molecule has 0 aliphatic carbocycles. The zero-order valence-electron chi connectivity index (χ0n) is 14.8. The van der Waals surface area contributed by atoms with Gasteiger partial charge in [0.25, 0.3) is 11.8 Å². The number of halogens is 1. The molecular formula is C20H17ClN2O4. The molecule has 4 amide bonds. The second kappa shape index (κ2) is 7.63. The number of rotatable bonds is 4. The van der Waals surface area contributed by atoms with Crippen LogP contribution in [0.5, 0.6) is 5.75 Å². The fourth-order valence-electron chi connectivity index (χ4n) is 2.55. The summed E-state index contributed by atoms with van der Waals surface area (Å²) in [7, 11) is 2.68. The summed E-state index contributed by atoms with van der Waals surface area (Å²) in [5, 5.41) is 0.668. The van der Waals surface area contributed by atoms with Crippen molar-refractivity contribution in [2.75, 3.05) is 14.1 Å². The van der Waals surface area contributed by atoms with Crippen LogP contribution >= 0.6 is 11.6 Å². The van der Waals surface area contributed by atoms with Crippen molar-refractivity contribution in [3.63, 3.8) is 0 Å². The molecule has 0 aromatic heterocycles. The van der Waals surface area contributed by atoms with Gasteiger partial charge in [0.1, 0.15) is 17.9 Å². The van der Waals surface area contributed by atoms with Crippen molar-refractivity contribution in [1.29, 1.82) is 0 Å². The van der Waals surface area contributed by atoms with Crippen LogP contribution in [0.4, 0.5) is 4.79 Å². The van der Waals surface area contributed by atoms with Crippen LogP contribution in [-0.2, 0) is 16.2 Å². The zero-order chi connectivity index (χ0) is 19.6. The van der Waals surface area contributed by atoms with Gasteiger partial charge in [-0.3, -0.25) is 19.4 Å². The number of barbiturate groups is 1. The van der Waals surface area contributed by atoms with Crippen molar-refractivity contribution < 1.29 is 19.1 Å². The van der Waals surface area contributed by atoms with Crippen LogP contribution in [0, 0.1) is 0 Å². The second-order valence-electron chi connectivity index (χ2n) is 6.05. The van der Waals surface area contributed by atoms with Gasteiger partial charge in [-0.25, -0.2) is 4.79 Å². The van der Waals surface area contributed by atoms with E-state index in [1.165, 1.54) is 20.2 Å². The molecule has 7 heteroatoms. The molecule has 0 bridgehead atoms. The number of ether oxygens (including phenoxy) is 1. The molecule has 0 N–H and O–H groups in total. The number of carbonyl (C=O) groups excluding carboxylic acids is 3. The molecule has 0 atom stereocenters. The second-order valence-corrected chi connectivity index (χ2v) is 6.49. The Balaban J connectivity index is 1.72. The van der Waals surface area contributed by atoms with Crippen molar-refractivity contribution >= 4 is 35.5 Å². The molecule has 0 unspecified atom stereocenters. The molecule has 0 radical (unpaired) electrons. The van der Waals surface area contributed by atoms with E-state index < -0.39 is 17.8 Å². The molecule has 1 fully saturated rings. The minimum atomic E-state index is -0.645. The first-order chi connectivity index (χ1) is 12.9. The minimum Gasteiger partial charge on any atom is -0.489 e. The quantitative estimate of drug-likeness (QED) is 0.599. The predicted molar refractivity (Wildman–Crippen MR) is 101 cm³/mol. The molecule has 1 heterocycles. The summed E-state index contributed by atoms with van der Waals surface area (Å²) in [6.07, 6.45) is 1.47. The number of benzene rings is 2. The van der Waals surface area contributed by atoms with E-state index in [-0.39, 0.29) is 5.57 Å². The van der Waals surface area contributed by atoms with E-state index in [0.717, 1.165) is 15.4 Å². The SMILES string of the molecule is CN1C(=O)C(=Cc2ccc(OCc3ccc(Cl)cc3)cc2)C(=O)N(C)C1=O. The van der Waals surface area contributed by atoms with E-state index in [1.54, 1.807) is 36.4 Å². The summed E-state index contributed by atoms with van der Waals surface area (Å²) in [4.78, 5) is 38.0. The maximum absolute atomic E-state index is 12.2. The maximum atomic E-state index is 12.2. The lowest BCUT2D eigenvalue weighted by atomic mass is 10.1. The smallest absolute Gasteiger partial charge is 0.333 e. The van der Waals surface area contributed by atoms with Crippen molar-refractivity contribution in [1.82, 2.24) is 9.80 Å². The van der Waals surface area contributed by atoms with Gasteiger partial charge in [0.05, 0.1) is 0 Å². The lowest BCUT2D eigenvalue weighted by Crippen LogP contribution is -2.52. The van der Waals surface area contributed by atoms with Gasteiger partial charge < -0.3 is 4.74 Å². The van der Waals surface area contributed by atoms with Crippen LogP contribution in [0.1, 0.15) is 11.1 Å². The van der Waals surface area contributed by atoms with Gasteiger partial charge in [-0.15, -0.1) is 0 Å². The minimum absolute atomic E-state index is 0.0607. The molecule has 1 aliphatic heterocycles. The van der Waals surface area contributed by atoms with Gasteiger partial charge in [-0.05, 0) is 41.5 Å². The van der Waals surface area contributed by atoms with E-state index in [9.17, 15) is 14.4 Å². The Morgan fingerprint density at radius 1 is 0.889 bits per heavy atom. The Labute approximate surface area is 161 Å². The first kappa shape index (κ1) is 18.7. The van der Waals surface area contributed by atoms with Crippen molar-refractivity contribution in [3.8, 4) is 5.75 Å². The van der Waals surface area contributed by atoms with Gasteiger partial charge in [0.15, 0.2) is 0 Å². The summed E-state index contributed by atoms with van der Waals surface area (Å²) in [6, 6.07) is 13.7. The highest BCUT2D eigenvalue weighted by molar-refractivity contribution is 6.31. The zero-order valence-corrected chi connectivity index (χ0v) is 15.6. The molecule has 2 aromatic carbocycles. The molecule has 1 aliphatic rings. The normalized spacial score (nSPS) is 14.6. The Hall–Kier alpha value is -3.12. The largest absolute Gasteiger partial charge is 0.489 e. The Bertz CT molecular complexity index is 894. The number of nitrogens with zero attached hydrogens (tertiary/aromatic N) is 2. The third-order valence-electron chi connectivity index (χ3n) is 4.15. The fourth-order valence-corrected chi connectivity index (χ4v) is 2.68. The maximum Gasteiger partial charge on any atom is 0.333 e. The number of carbonyl (C=O) groups is 3. The summed E-state index contributed by atoms with van der Waals surface area (Å²) < 4.78 is 5.71. The summed E-state index contributed by atoms with van der Waals surface area (Å²) in [6.45, 7) is 0.395. The number of hydrogen-bond donors (Lipinski definition) is 0. The average molecular weight is 385 g/mol. The van der Waals surface area contributed by atoms with Crippen molar-refractivity contribution in [3.05, 3.63) is 70.3 Å². The molecule has 6 nitrogen and oxygen atoms in total. The molecular weight excluding hydrogens is 368 g/mol. The number of likely N-dealkylation sites (N-methyl/N-ethyl adjacent to an activating group) is 2. The highest BCUT2D eigenvalue weighted by Crippen LogP contribution is 2.20. The third-order valence-corrected chi connectivity index (χ3v) is 4.41. The lowest BCUT2D eigenvalue weighted by molar-refractivity contribution is -0.134. The van der Waals surface area contributed by atoms with E-state index in [2.05, 4.69) is 0 Å². The van der Waals surface area contributed by atoms with Crippen LogP contribution < -0.4 is 4.74 Å². The summed E-state index contributed by atoms with van der Waals surface area (Å²) in [5.41, 5.74) is 1.58. The number of amides is 4. The standard InChI is InChI=1S/C20H17ClN2O4/c1-22-18(24)17(19(25)23(2)20(22)26)11-13-5-9-16(10-6-13)27-12-14-3-7-15(21)8-4-14/h3-11H,12H2,1-2H3. The first-order valence-electron chi connectivity index (χ1n) is 8.16. The Kier molecular flexibility index (Phi) is 5.28. The van der Waals surface area contributed by atoms with Gasteiger partial charge in [0.2, 0.25) is 0 Å². The van der Waals surface area contributed by atoms with Crippen LogP contribution in [0.25, 0.3) is 6.08 Å². The average Bonchev–Trinajstić information content (AvgIpc) is 2.69. The van der Waals surface area contributed by atoms with Crippen molar-refractivity contribution in [2.24, 2.45) is 0 Å². The number of imide groups is 2.